The summed E-state index contributed by atoms with van der Waals surface area (Å²) in [7, 11) is 0. The first-order chi connectivity index (χ1) is 9.22. The predicted molar refractivity (Wildman–Crippen MR) is 76.3 cm³/mol. The molecule has 0 aliphatic carbocycles. The highest BCUT2D eigenvalue weighted by Crippen LogP contribution is 2.21. The molecular formula is C13H24N2O3S. The van der Waals surface area contributed by atoms with E-state index in [-0.39, 0.29) is 24.2 Å². The van der Waals surface area contributed by atoms with Crippen LogP contribution in [0.5, 0.6) is 0 Å². The molecule has 2 N–H and O–H groups in total. The quantitative estimate of drug-likeness (QED) is 0.797. The minimum Gasteiger partial charge on any atom is -0.375 e. The number of amides is 1. The number of thioether (sulfide) groups is 1. The van der Waals surface area contributed by atoms with Gasteiger partial charge in [-0.1, -0.05) is 0 Å². The molecule has 19 heavy (non-hydrogen) atoms. The van der Waals surface area contributed by atoms with Crippen LogP contribution in [0.2, 0.25) is 0 Å². The standard InChI is InChI=1S/C13H24N2O3S/c1-19-8-4-10(14)13(16)15-5-7-18-12(9-15)11-3-2-6-17-11/h10-12H,2-9,14H2,1H3/t10-,11-,12+/m0/s1. The number of nitrogens with two attached hydrogens (primary N) is 1. The maximum absolute atomic E-state index is 12.3. The van der Waals surface area contributed by atoms with E-state index in [0.29, 0.717) is 19.7 Å². The average Bonchev–Trinajstić information content (AvgIpc) is 2.98. The summed E-state index contributed by atoms with van der Waals surface area (Å²) in [5, 5.41) is 0. The van der Waals surface area contributed by atoms with Gasteiger partial charge in [0, 0.05) is 19.7 Å². The Kier molecular flexibility index (Phi) is 5.94. The second kappa shape index (κ2) is 7.47. The fraction of sp³-hybridized carbons (Fsp3) is 0.923. The lowest BCUT2D eigenvalue weighted by molar-refractivity contribution is -0.146. The van der Waals surface area contributed by atoms with Gasteiger partial charge >= 0.3 is 0 Å². The molecule has 1 amide bonds. The highest BCUT2D eigenvalue weighted by Gasteiger charge is 2.33. The summed E-state index contributed by atoms with van der Waals surface area (Å²) in [5.41, 5.74) is 5.96. The van der Waals surface area contributed by atoms with Gasteiger partial charge < -0.3 is 20.1 Å². The summed E-state index contributed by atoms with van der Waals surface area (Å²) in [6.07, 6.45) is 5.06. The molecule has 2 fully saturated rings. The van der Waals surface area contributed by atoms with Gasteiger partial charge in [0.25, 0.3) is 0 Å². The Balaban J connectivity index is 1.83. The molecule has 0 unspecified atom stereocenters. The molecule has 0 bridgehead atoms. The summed E-state index contributed by atoms with van der Waals surface area (Å²) in [6, 6.07) is -0.379. The Labute approximate surface area is 119 Å². The Morgan fingerprint density at radius 2 is 2.21 bits per heavy atom. The molecule has 2 aliphatic heterocycles. The highest BCUT2D eigenvalue weighted by atomic mass is 32.2. The average molecular weight is 288 g/mol. The van der Waals surface area contributed by atoms with Crippen LogP contribution in [-0.4, -0.2) is 67.4 Å². The lowest BCUT2D eigenvalue weighted by Crippen LogP contribution is -2.54. The minimum absolute atomic E-state index is 0.0213. The van der Waals surface area contributed by atoms with Gasteiger partial charge in [-0.2, -0.15) is 11.8 Å². The molecule has 2 saturated heterocycles. The summed E-state index contributed by atoms with van der Waals surface area (Å²) in [5.74, 6) is 0.979. The van der Waals surface area contributed by atoms with E-state index in [1.165, 1.54) is 0 Å². The number of nitrogens with zero attached hydrogens (tertiary/aromatic N) is 1. The smallest absolute Gasteiger partial charge is 0.239 e. The third kappa shape index (κ3) is 4.08. The summed E-state index contributed by atoms with van der Waals surface area (Å²) < 4.78 is 11.4. The van der Waals surface area contributed by atoms with Crippen LogP contribution < -0.4 is 5.73 Å². The summed E-state index contributed by atoms with van der Waals surface area (Å²) in [4.78, 5) is 14.1. The summed E-state index contributed by atoms with van der Waals surface area (Å²) >= 11 is 1.72. The van der Waals surface area contributed by atoms with E-state index in [1.54, 1.807) is 11.8 Å². The van der Waals surface area contributed by atoms with Crippen molar-refractivity contribution in [2.24, 2.45) is 5.73 Å². The number of carbonyl (C=O) groups excluding carboxylic acids is 1. The highest BCUT2D eigenvalue weighted by molar-refractivity contribution is 7.98. The molecule has 2 rings (SSSR count). The van der Waals surface area contributed by atoms with Crippen LogP contribution in [0.4, 0.5) is 0 Å². The van der Waals surface area contributed by atoms with E-state index in [9.17, 15) is 4.79 Å². The molecule has 3 atom stereocenters. The number of morpholine rings is 1. The van der Waals surface area contributed by atoms with Crippen molar-refractivity contribution in [1.29, 1.82) is 0 Å². The van der Waals surface area contributed by atoms with Crippen molar-refractivity contribution in [1.82, 2.24) is 4.90 Å². The third-order valence-corrected chi connectivity index (χ3v) is 4.38. The first-order valence-electron chi connectivity index (χ1n) is 6.99. The van der Waals surface area contributed by atoms with Crippen molar-refractivity contribution >= 4 is 17.7 Å². The van der Waals surface area contributed by atoms with Crippen molar-refractivity contribution in [2.75, 3.05) is 38.3 Å². The van der Waals surface area contributed by atoms with E-state index in [2.05, 4.69) is 0 Å². The van der Waals surface area contributed by atoms with Gasteiger partial charge in [0.1, 0.15) is 6.10 Å². The lowest BCUT2D eigenvalue weighted by atomic mass is 10.1. The Bertz CT molecular complexity index is 298. The molecule has 6 heteroatoms. The molecular weight excluding hydrogens is 264 g/mol. The number of hydrogen-bond acceptors (Lipinski definition) is 5. The van der Waals surface area contributed by atoms with E-state index in [1.807, 2.05) is 11.2 Å². The van der Waals surface area contributed by atoms with Crippen LogP contribution in [0.25, 0.3) is 0 Å². The van der Waals surface area contributed by atoms with E-state index in [0.717, 1.165) is 31.6 Å². The van der Waals surface area contributed by atoms with Crippen LogP contribution in [0.3, 0.4) is 0 Å². The van der Waals surface area contributed by atoms with Crippen molar-refractivity contribution in [3.8, 4) is 0 Å². The zero-order valence-electron chi connectivity index (χ0n) is 11.5. The maximum atomic E-state index is 12.3. The zero-order valence-corrected chi connectivity index (χ0v) is 12.4. The number of rotatable bonds is 5. The summed E-state index contributed by atoms with van der Waals surface area (Å²) in [6.45, 7) is 2.67. The molecule has 0 spiro atoms. The van der Waals surface area contributed by atoms with Gasteiger partial charge in [-0.15, -0.1) is 0 Å². The van der Waals surface area contributed by atoms with Gasteiger partial charge in [0.2, 0.25) is 5.91 Å². The molecule has 0 aromatic carbocycles. The molecule has 2 heterocycles. The van der Waals surface area contributed by atoms with Crippen LogP contribution in [0.1, 0.15) is 19.3 Å². The van der Waals surface area contributed by atoms with Crippen LogP contribution >= 0.6 is 11.8 Å². The topological polar surface area (TPSA) is 64.8 Å². The van der Waals surface area contributed by atoms with Gasteiger partial charge in [-0.3, -0.25) is 4.79 Å². The van der Waals surface area contributed by atoms with Crippen LogP contribution in [0, 0.1) is 0 Å². The molecule has 0 aromatic heterocycles. The lowest BCUT2D eigenvalue weighted by Gasteiger charge is -2.36. The largest absolute Gasteiger partial charge is 0.375 e. The second-order valence-electron chi connectivity index (χ2n) is 5.13. The molecule has 110 valence electrons. The fourth-order valence-corrected chi connectivity index (χ4v) is 3.09. The minimum atomic E-state index is -0.379. The normalized spacial score (nSPS) is 29.5. The number of ether oxygens (including phenoxy) is 2. The van der Waals surface area contributed by atoms with Crippen molar-refractivity contribution in [3.63, 3.8) is 0 Å². The van der Waals surface area contributed by atoms with Gasteiger partial charge in [-0.25, -0.2) is 0 Å². The molecule has 0 saturated carbocycles. The fourth-order valence-electron chi connectivity index (χ4n) is 2.60. The molecule has 0 radical (unpaired) electrons. The maximum Gasteiger partial charge on any atom is 0.239 e. The Hall–Kier alpha value is -0.300. The van der Waals surface area contributed by atoms with E-state index < -0.39 is 0 Å². The Morgan fingerprint density at radius 1 is 1.42 bits per heavy atom. The number of carbonyl (C=O) groups is 1. The van der Waals surface area contributed by atoms with Crippen molar-refractivity contribution in [3.05, 3.63) is 0 Å². The molecule has 2 aliphatic rings. The van der Waals surface area contributed by atoms with Crippen LogP contribution in [-0.2, 0) is 14.3 Å². The molecule has 5 nitrogen and oxygen atoms in total. The first kappa shape index (κ1) is 15.1. The zero-order chi connectivity index (χ0) is 13.7. The van der Waals surface area contributed by atoms with E-state index >= 15 is 0 Å². The van der Waals surface area contributed by atoms with Crippen molar-refractivity contribution < 1.29 is 14.3 Å². The SMILES string of the molecule is CSCC[C@H](N)C(=O)N1CCO[C@@H]([C@@H]2CCCO2)C1. The molecule has 0 aromatic rings. The third-order valence-electron chi connectivity index (χ3n) is 3.73. The second-order valence-corrected chi connectivity index (χ2v) is 6.12. The van der Waals surface area contributed by atoms with Crippen molar-refractivity contribution in [2.45, 2.75) is 37.5 Å². The monoisotopic (exact) mass is 288 g/mol. The van der Waals surface area contributed by atoms with Gasteiger partial charge in [0.15, 0.2) is 0 Å². The van der Waals surface area contributed by atoms with Gasteiger partial charge in [-0.05, 0) is 31.3 Å². The first-order valence-corrected chi connectivity index (χ1v) is 8.38. The Morgan fingerprint density at radius 3 is 2.89 bits per heavy atom. The van der Waals surface area contributed by atoms with Crippen LogP contribution in [0.15, 0.2) is 0 Å². The van der Waals surface area contributed by atoms with Gasteiger partial charge in [0.05, 0.1) is 18.8 Å². The van der Waals surface area contributed by atoms with E-state index in [4.69, 9.17) is 15.2 Å². The number of hydrogen-bond donors (Lipinski definition) is 1. The predicted octanol–water partition coefficient (Wildman–Crippen LogP) is 0.473.